The number of hydrogen-bond donors (Lipinski definition) is 1. The predicted molar refractivity (Wildman–Crippen MR) is 67.8 cm³/mol. The minimum absolute atomic E-state index is 0.0650. The van der Waals surface area contributed by atoms with E-state index in [4.69, 9.17) is 5.73 Å². The van der Waals surface area contributed by atoms with Gasteiger partial charge < -0.3 is 5.73 Å². The molecule has 5 heteroatoms. The van der Waals surface area contributed by atoms with Crippen molar-refractivity contribution < 1.29 is 4.39 Å². The van der Waals surface area contributed by atoms with Gasteiger partial charge in [-0.1, -0.05) is 6.07 Å². The quantitative estimate of drug-likeness (QED) is 0.888. The highest BCUT2D eigenvalue weighted by Crippen LogP contribution is 2.11. The summed E-state index contributed by atoms with van der Waals surface area (Å²) in [4.78, 5) is 11.9. The minimum Gasteiger partial charge on any atom is -0.326 e. The van der Waals surface area contributed by atoms with Crippen molar-refractivity contribution in [3.63, 3.8) is 0 Å². The number of imidazole rings is 1. The van der Waals surface area contributed by atoms with Gasteiger partial charge in [-0.15, -0.1) is 0 Å². The van der Waals surface area contributed by atoms with Crippen LogP contribution in [0.2, 0.25) is 0 Å². The molecule has 0 aliphatic carbocycles. The number of hydrogen-bond acceptors (Lipinski definition) is 2. The van der Waals surface area contributed by atoms with Crippen LogP contribution in [0, 0.1) is 5.82 Å². The Morgan fingerprint density at radius 3 is 2.56 bits per heavy atom. The van der Waals surface area contributed by atoms with Gasteiger partial charge in [-0.25, -0.2) is 9.18 Å². The molecule has 1 heterocycles. The van der Waals surface area contributed by atoms with E-state index in [-0.39, 0.29) is 18.1 Å². The van der Waals surface area contributed by atoms with Crippen LogP contribution in [0.1, 0.15) is 18.1 Å². The molecule has 18 heavy (non-hydrogen) atoms. The summed E-state index contributed by atoms with van der Waals surface area (Å²) in [6.07, 6.45) is 3.48. The number of halogens is 1. The lowest BCUT2D eigenvalue weighted by Crippen LogP contribution is -2.24. The summed E-state index contributed by atoms with van der Waals surface area (Å²) in [5.74, 6) is -0.308. The van der Waals surface area contributed by atoms with E-state index in [1.165, 1.54) is 12.1 Å². The molecule has 1 aromatic heterocycles. The number of rotatable bonds is 4. The van der Waals surface area contributed by atoms with Crippen LogP contribution in [0.25, 0.3) is 0 Å². The largest absolute Gasteiger partial charge is 0.328 e. The molecule has 4 nitrogen and oxygen atoms in total. The normalized spacial score (nSPS) is 10.8. The topological polar surface area (TPSA) is 52.9 Å². The van der Waals surface area contributed by atoms with Gasteiger partial charge in [-0.2, -0.15) is 0 Å². The third-order valence-electron chi connectivity index (χ3n) is 2.99. The first-order valence-corrected chi connectivity index (χ1v) is 5.88. The van der Waals surface area contributed by atoms with E-state index in [9.17, 15) is 9.18 Å². The van der Waals surface area contributed by atoms with Crippen molar-refractivity contribution in [2.24, 2.45) is 5.73 Å². The lowest BCUT2D eigenvalue weighted by Gasteiger charge is -2.08. The molecule has 0 bridgehead atoms. The van der Waals surface area contributed by atoms with Crippen LogP contribution in [0.4, 0.5) is 4.39 Å². The summed E-state index contributed by atoms with van der Waals surface area (Å²) in [7, 11) is 0. The zero-order chi connectivity index (χ0) is 13.1. The monoisotopic (exact) mass is 249 g/mol. The highest BCUT2D eigenvalue weighted by atomic mass is 19.1. The Kier molecular flexibility index (Phi) is 3.62. The number of aromatic nitrogens is 2. The van der Waals surface area contributed by atoms with Gasteiger partial charge in [0.1, 0.15) is 5.82 Å². The van der Waals surface area contributed by atoms with E-state index >= 15 is 0 Å². The molecule has 0 aliphatic rings. The van der Waals surface area contributed by atoms with Gasteiger partial charge in [-0.3, -0.25) is 9.13 Å². The number of nitrogens with two attached hydrogens (primary N) is 1. The molecule has 2 rings (SSSR count). The lowest BCUT2D eigenvalue weighted by atomic mass is 10.1. The lowest BCUT2D eigenvalue weighted by molar-refractivity contribution is 0.621. The summed E-state index contributed by atoms with van der Waals surface area (Å²) in [5, 5.41) is 0. The fourth-order valence-electron chi connectivity index (χ4n) is 1.94. The molecule has 2 aromatic rings. The highest BCUT2D eigenvalue weighted by molar-refractivity contribution is 5.28. The van der Waals surface area contributed by atoms with E-state index in [0.717, 1.165) is 11.1 Å². The summed E-state index contributed by atoms with van der Waals surface area (Å²) >= 11 is 0. The second-order valence-electron chi connectivity index (χ2n) is 4.11. The van der Waals surface area contributed by atoms with Gasteiger partial charge in [0.25, 0.3) is 0 Å². The summed E-state index contributed by atoms with van der Waals surface area (Å²) in [5.41, 5.74) is 7.12. The SMILES string of the molecule is CCn1ccn(Cc2ccc(F)cc2CN)c1=O. The van der Waals surface area contributed by atoms with Crippen molar-refractivity contribution >= 4 is 0 Å². The van der Waals surface area contributed by atoms with E-state index in [0.29, 0.717) is 13.1 Å². The maximum atomic E-state index is 13.1. The second kappa shape index (κ2) is 5.18. The summed E-state index contributed by atoms with van der Waals surface area (Å²) in [6, 6.07) is 4.47. The number of nitrogens with zero attached hydrogens (tertiary/aromatic N) is 2. The van der Waals surface area contributed by atoms with Crippen LogP contribution >= 0.6 is 0 Å². The molecule has 0 aliphatic heterocycles. The molecular weight excluding hydrogens is 233 g/mol. The van der Waals surface area contributed by atoms with Crippen LogP contribution < -0.4 is 11.4 Å². The molecule has 0 fully saturated rings. The Morgan fingerprint density at radius 1 is 1.22 bits per heavy atom. The minimum atomic E-state index is -0.308. The van der Waals surface area contributed by atoms with Crippen molar-refractivity contribution in [2.45, 2.75) is 26.6 Å². The van der Waals surface area contributed by atoms with Gasteiger partial charge in [-0.05, 0) is 30.2 Å². The average Bonchev–Trinajstić information content (AvgIpc) is 2.72. The van der Waals surface area contributed by atoms with Crippen molar-refractivity contribution in [3.05, 3.63) is 58.0 Å². The molecule has 0 amide bonds. The van der Waals surface area contributed by atoms with Crippen molar-refractivity contribution in [2.75, 3.05) is 0 Å². The molecule has 96 valence electrons. The molecule has 0 saturated heterocycles. The van der Waals surface area contributed by atoms with Crippen molar-refractivity contribution in [1.29, 1.82) is 0 Å². The Hall–Kier alpha value is -1.88. The van der Waals surface area contributed by atoms with Crippen LogP contribution in [0.3, 0.4) is 0 Å². The second-order valence-corrected chi connectivity index (χ2v) is 4.11. The van der Waals surface area contributed by atoms with E-state index in [2.05, 4.69) is 0 Å². The molecule has 0 saturated carbocycles. The molecular formula is C13H16FN3O. The summed E-state index contributed by atoms with van der Waals surface area (Å²) in [6.45, 7) is 3.23. The Balaban J connectivity index is 2.34. The van der Waals surface area contributed by atoms with Gasteiger partial charge in [0, 0.05) is 25.5 Å². The maximum Gasteiger partial charge on any atom is 0.328 e. The molecule has 0 spiro atoms. The average molecular weight is 249 g/mol. The molecule has 0 radical (unpaired) electrons. The molecule has 2 N–H and O–H groups in total. The Morgan fingerprint density at radius 2 is 1.94 bits per heavy atom. The maximum absolute atomic E-state index is 13.1. The highest BCUT2D eigenvalue weighted by Gasteiger charge is 2.06. The fraction of sp³-hybridized carbons (Fsp3) is 0.308. The third-order valence-corrected chi connectivity index (χ3v) is 2.99. The molecule has 0 unspecified atom stereocenters. The third kappa shape index (κ3) is 2.36. The van der Waals surface area contributed by atoms with E-state index in [1.54, 1.807) is 27.6 Å². The van der Waals surface area contributed by atoms with E-state index < -0.39 is 0 Å². The first kappa shape index (κ1) is 12.6. The Labute approximate surface area is 104 Å². The first-order valence-electron chi connectivity index (χ1n) is 5.88. The number of aryl methyl sites for hydroxylation is 1. The van der Waals surface area contributed by atoms with E-state index in [1.807, 2.05) is 6.92 Å². The molecule has 1 aromatic carbocycles. The first-order chi connectivity index (χ1) is 8.65. The van der Waals surface area contributed by atoms with Gasteiger partial charge in [0.15, 0.2) is 0 Å². The zero-order valence-electron chi connectivity index (χ0n) is 10.3. The van der Waals surface area contributed by atoms with Crippen LogP contribution in [-0.4, -0.2) is 9.13 Å². The number of benzene rings is 1. The van der Waals surface area contributed by atoms with Crippen molar-refractivity contribution in [1.82, 2.24) is 9.13 Å². The van der Waals surface area contributed by atoms with Gasteiger partial charge in [0.05, 0.1) is 6.54 Å². The molecule has 0 atom stereocenters. The van der Waals surface area contributed by atoms with Crippen LogP contribution in [0.5, 0.6) is 0 Å². The fourth-order valence-corrected chi connectivity index (χ4v) is 1.94. The van der Waals surface area contributed by atoms with Gasteiger partial charge >= 0.3 is 5.69 Å². The summed E-state index contributed by atoms with van der Waals surface area (Å²) < 4.78 is 16.3. The Bertz CT molecular complexity index is 601. The smallest absolute Gasteiger partial charge is 0.326 e. The zero-order valence-corrected chi connectivity index (χ0v) is 10.3. The predicted octanol–water partition coefficient (Wildman–Crippen LogP) is 1.32. The standard InChI is InChI=1S/C13H16FN3O/c1-2-16-5-6-17(13(16)18)9-10-3-4-12(14)7-11(10)8-15/h3-7H,2,8-9,15H2,1H3. The van der Waals surface area contributed by atoms with Crippen molar-refractivity contribution in [3.8, 4) is 0 Å². The van der Waals surface area contributed by atoms with Crippen LogP contribution in [0.15, 0.2) is 35.4 Å². The van der Waals surface area contributed by atoms with Gasteiger partial charge in [0.2, 0.25) is 0 Å². The van der Waals surface area contributed by atoms with Crippen LogP contribution in [-0.2, 0) is 19.6 Å².